The first-order valence-corrected chi connectivity index (χ1v) is 4.88. The van der Waals surface area contributed by atoms with E-state index in [0.29, 0.717) is 0 Å². The molecule has 0 heterocycles. The van der Waals surface area contributed by atoms with Crippen molar-refractivity contribution in [3.8, 4) is 0 Å². The SMILES string of the molecule is CC(C(=O)O)C(C)(F)C1CCCC1. The van der Waals surface area contributed by atoms with Gasteiger partial charge in [-0.15, -0.1) is 0 Å². The van der Waals surface area contributed by atoms with E-state index in [9.17, 15) is 9.18 Å². The number of carbonyl (C=O) groups is 1. The monoisotopic (exact) mass is 188 g/mol. The molecule has 76 valence electrons. The maximum absolute atomic E-state index is 14.1. The molecule has 0 spiro atoms. The van der Waals surface area contributed by atoms with Gasteiger partial charge in [0, 0.05) is 0 Å². The van der Waals surface area contributed by atoms with E-state index in [-0.39, 0.29) is 5.92 Å². The minimum Gasteiger partial charge on any atom is -0.481 e. The predicted octanol–water partition coefficient (Wildman–Crippen LogP) is 2.63. The molecule has 1 rings (SSSR count). The van der Waals surface area contributed by atoms with Gasteiger partial charge in [0.15, 0.2) is 0 Å². The van der Waals surface area contributed by atoms with Gasteiger partial charge in [-0.05, 0) is 32.6 Å². The van der Waals surface area contributed by atoms with E-state index in [4.69, 9.17) is 5.11 Å². The van der Waals surface area contributed by atoms with Crippen molar-refractivity contribution in [2.75, 3.05) is 0 Å². The second kappa shape index (κ2) is 3.64. The summed E-state index contributed by atoms with van der Waals surface area (Å²) in [6.45, 7) is 2.89. The largest absolute Gasteiger partial charge is 0.481 e. The molecule has 1 N–H and O–H groups in total. The lowest BCUT2D eigenvalue weighted by Gasteiger charge is -2.30. The summed E-state index contributed by atoms with van der Waals surface area (Å²) in [6.07, 6.45) is 3.75. The van der Waals surface area contributed by atoms with Gasteiger partial charge in [0.05, 0.1) is 5.92 Å². The fourth-order valence-electron chi connectivity index (χ4n) is 2.09. The van der Waals surface area contributed by atoms with E-state index in [0.717, 1.165) is 25.7 Å². The Morgan fingerprint density at radius 3 is 2.38 bits per heavy atom. The number of aliphatic carboxylic acids is 1. The summed E-state index contributed by atoms with van der Waals surface area (Å²) in [4.78, 5) is 10.7. The average Bonchev–Trinajstić information content (AvgIpc) is 2.54. The predicted molar refractivity (Wildman–Crippen MR) is 48.3 cm³/mol. The summed E-state index contributed by atoms with van der Waals surface area (Å²) in [7, 11) is 0. The second-order valence-corrected chi connectivity index (χ2v) is 4.19. The molecule has 0 radical (unpaired) electrons. The summed E-state index contributed by atoms with van der Waals surface area (Å²) in [6, 6.07) is 0. The number of carboxylic acid groups (broad SMARTS) is 1. The molecule has 3 heteroatoms. The van der Waals surface area contributed by atoms with Crippen LogP contribution >= 0.6 is 0 Å². The minimum atomic E-state index is -1.54. The van der Waals surface area contributed by atoms with Gasteiger partial charge in [0.2, 0.25) is 0 Å². The number of alkyl halides is 1. The Hall–Kier alpha value is -0.600. The van der Waals surface area contributed by atoms with Crippen LogP contribution in [-0.2, 0) is 4.79 Å². The average molecular weight is 188 g/mol. The molecule has 1 fully saturated rings. The minimum absolute atomic E-state index is 0.0569. The third-order valence-electron chi connectivity index (χ3n) is 3.37. The smallest absolute Gasteiger partial charge is 0.309 e. The van der Waals surface area contributed by atoms with Crippen molar-refractivity contribution in [1.29, 1.82) is 0 Å². The standard InChI is InChI=1S/C10H17FO2/c1-7(9(12)13)10(2,11)8-5-3-4-6-8/h7-8H,3-6H2,1-2H3,(H,12,13). The van der Waals surface area contributed by atoms with Gasteiger partial charge >= 0.3 is 5.97 Å². The van der Waals surface area contributed by atoms with Crippen molar-refractivity contribution in [3.05, 3.63) is 0 Å². The molecule has 0 aromatic rings. The number of rotatable bonds is 3. The van der Waals surface area contributed by atoms with Crippen LogP contribution in [0, 0.1) is 11.8 Å². The normalized spacial score (nSPS) is 25.5. The molecule has 1 saturated carbocycles. The Morgan fingerprint density at radius 1 is 1.54 bits per heavy atom. The van der Waals surface area contributed by atoms with Crippen LogP contribution in [0.1, 0.15) is 39.5 Å². The topological polar surface area (TPSA) is 37.3 Å². The van der Waals surface area contributed by atoms with Gasteiger partial charge in [0.25, 0.3) is 0 Å². The van der Waals surface area contributed by atoms with Gasteiger partial charge in [0.1, 0.15) is 5.67 Å². The van der Waals surface area contributed by atoms with Crippen LogP contribution in [0.4, 0.5) is 4.39 Å². The van der Waals surface area contributed by atoms with Crippen molar-refractivity contribution in [1.82, 2.24) is 0 Å². The highest BCUT2D eigenvalue weighted by Crippen LogP contribution is 2.40. The van der Waals surface area contributed by atoms with Crippen molar-refractivity contribution in [3.63, 3.8) is 0 Å². The molecule has 0 bridgehead atoms. The highest BCUT2D eigenvalue weighted by Gasteiger charge is 2.43. The van der Waals surface area contributed by atoms with Crippen LogP contribution < -0.4 is 0 Å². The summed E-state index contributed by atoms with van der Waals surface area (Å²) in [5, 5.41) is 8.74. The molecular weight excluding hydrogens is 171 g/mol. The number of carboxylic acids is 1. The third-order valence-corrected chi connectivity index (χ3v) is 3.37. The first-order chi connectivity index (χ1) is 5.96. The van der Waals surface area contributed by atoms with Crippen LogP contribution in [0.5, 0.6) is 0 Å². The molecule has 0 aromatic carbocycles. The summed E-state index contributed by atoms with van der Waals surface area (Å²) in [5.41, 5.74) is -1.54. The Labute approximate surface area is 78.1 Å². The lowest BCUT2D eigenvalue weighted by molar-refractivity contribution is -0.148. The number of halogens is 1. The Morgan fingerprint density at radius 2 is 2.00 bits per heavy atom. The van der Waals surface area contributed by atoms with E-state index in [1.165, 1.54) is 13.8 Å². The fraction of sp³-hybridized carbons (Fsp3) is 0.900. The number of hydrogen-bond donors (Lipinski definition) is 1. The van der Waals surface area contributed by atoms with Crippen LogP contribution in [0.3, 0.4) is 0 Å². The van der Waals surface area contributed by atoms with Gasteiger partial charge in [-0.3, -0.25) is 4.79 Å². The van der Waals surface area contributed by atoms with E-state index < -0.39 is 17.6 Å². The van der Waals surface area contributed by atoms with E-state index >= 15 is 0 Å². The van der Waals surface area contributed by atoms with Crippen molar-refractivity contribution < 1.29 is 14.3 Å². The van der Waals surface area contributed by atoms with Crippen LogP contribution in [0.15, 0.2) is 0 Å². The molecule has 1 aliphatic rings. The highest BCUT2D eigenvalue weighted by atomic mass is 19.1. The van der Waals surface area contributed by atoms with E-state index in [1.54, 1.807) is 0 Å². The highest BCUT2D eigenvalue weighted by molar-refractivity contribution is 5.71. The molecule has 2 atom stereocenters. The van der Waals surface area contributed by atoms with Gasteiger partial charge in [-0.2, -0.15) is 0 Å². The molecule has 0 aliphatic heterocycles. The van der Waals surface area contributed by atoms with Gasteiger partial charge < -0.3 is 5.11 Å². The fourth-order valence-corrected chi connectivity index (χ4v) is 2.09. The second-order valence-electron chi connectivity index (χ2n) is 4.19. The quantitative estimate of drug-likeness (QED) is 0.739. The Balaban J connectivity index is 2.67. The molecular formula is C10H17FO2. The van der Waals surface area contributed by atoms with Crippen molar-refractivity contribution in [2.24, 2.45) is 11.8 Å². The van der Waals surface area contributed by atoms with Crippen LogP contribution in [0.2, 0.25) is 0 Å². The molecule has 1 aliphatic carbocycles. The van der Waals surface area contributed by atoms with Crippen molar-refractivity contribution >= 4 is 5.97 Å². The van der Waals surface area contributed by atoms with Gasteiger partial charge in [-0.25, -0.2) is 4.39 Å². The first-order valence-electron chi connectivity index (χ1n) is 4.88. The van der Waals surface area contributed by atoms with Crippen molar-refractivity contribution in [2.45, 2.75) is 45.2 Å². The maximum Gasteiger partial charge on any atom is 0.309 e. The summed E-state index contributed by atoms with van der Waals surface area (Å²) < 4.78 is 14.1. The van der Waals surface area contributed by atoms with E-state index in [2.05, 4.69) is 0 Å². The molecule has 0 saturated heterocycles. The lowest BCUT2D eigenvalue weighted by Crippen LogP contribution is -2.39. The summed E-state index contributed by atoms with van der Waals surface area (Å²) in [5.74, 6) is -1.98. The third kappa shape index (κ3) is 2.01. The van der Waals surface area contributed by atoms with E-state index in [1.807, 2.05) is 0 Å². The number of hydrogen-bond acceptors (Lipinski definition) is 1. The molecule has 2 unspecified atom stereocenters. The first kappa shape index (κ1) is 10.5. The van der Waals surface area contributed by atoms with Crippen LogP contribution in [-0.4, -0.2) is 16.7 Å². The zero-order valence-electron chi connectivity index (χ0n) is 8.22. The molecule has 13 heavy (non-hydrogen) atoms. The molecule has 0 amide bonds. The van der Waals surface area contributed by atoms with Gasteiger partial charge in [-0.1, -0.05) is 12.8 Å². The Bertz CT molecular complexity index is 195. The zero-order valence-corrected chi connectivity index (χ0v) is 8.22. The zero-order chi connectivity index (χ0) is 10.1. The maximum atomic E-state index is 14.1. The van der Waals surface area contributed by atoms with Crippen LogP contribution in [0.25, 0.3) is 0 Å². The summed E-state index contributed by atoms with van der Waals surface area (Å²) >= 11 is 0. The lowest BCUT2D eigenvalue weighted by atomic mass is 9.80. The Kier molecular flexibility index (Phi) is 2.94. The molecule has 2 nitrogen and oxygen atoms in total. The molecule has 0 aromatic heterocycles.